The third kappa shape index (κ3) is 5.01. The van der Waals surface area contributed by atoms with Crippen LogP contribution in [0.4, 0.5) is 5.69 Å². The molecule has 0 spiro atoms. The second-order valence-electron chi connectivity index (χ2n) is 4.84. The molecule has 0 saturated carbocycles. The number of carbonyl (C=O) groups is 2. The molecular weight excluding hydrogens is 254 g/mol. The maximum absolute atomic E-state index is 11.8. The molecule has 20 heavy (non-hydrogen) atoms. The Kier molecular flexibility index (Phi) is 6.73. The van der Waals surface area contributed by atoms with Crippen molar-refractivity contribution in [3.05, 3.63) is 29.3 Å². The van der Waals surface area contributed by atoms with E-state index >= 15 is 0 Å². The predicted molar refractivity (Wildman–Crippen MR) is 80.5 cm³/mol. The van der Waals surface area contributed by atoms with Crippen molar-refractivity contribution in [1.29, 1.82) is 0 Å². The molecule has 0 unspecified atom stereocenters. The number of unbranched alkanes of at least 4 members (excludes halogenated alkanes) is 3. The molecule has 0 bridgehead atoms. The number of nitrogens with one attached hydrogen (secondary N) is 1. The van der Waals surface area contributed by atoms with E-state index in [1.54, 1.807) is 25.1 Å². The summed E-state index contributed by atoms with van der Waals surface area (Å²) in [7, 11) is 0. The highest BCUT2D eigenvalue weighted by atomic mass is 16.2. The average molecular weight is 277 g/mol. The highest BCUT2D eigenvalue weighted by Crippen LogP contribution is 2.19. The molecule has 5 nitrogen and oxygen atoms in total. The number of anilines is 1. The molecule has 0 heterocycles. The molecule has 1 rings (SSSR count). The van der Waals surface area contributed by atoms with E-state index in [1.165, 1.54) is 0 Å². The molecule has 5 heteroatoms. The van der Waals surface area contributed by atoms with Gasteiger partial charge in [0.2, 0.25) is 11.8 Å². The van der Waals surface area contributed by atoms with Crippen molar-refractivity contribution in [2.24, 2.45) is 11.5 Å². The molecule has 1 aromatic rings. The van der Waals surface area contributed by atoms with Gasteiger partial charge in [-0.15, -0.1) is 0 Å². The number of benzene rings is 1. The molecule has 0 radical (unpaired) electrons. The smallest absolute Gasteiger partial charge is 0.249 e. The van der Waals surface area contributed by atoms with Crippen molar-refractivity contribution >= 4 is 17.5 Å². The first-order valence-corrected chi connectivity index (χ1v) is 6.95. The Hall–Kier alpha value is -1.88. The van der Waals surface area contributed by atoms with E-state index in [9.17, 15) is 9.59 Å². The van der Waals surface area contributed by atoms with Crippen LogP contribution in [-0.4, -0.2) is 18.4 Å². The second kappa shape index (κ2) is 8.32. The van der Waals surface area contributed by atoms with Gasteiger partial charge in [-0.05, 0) is 44.0 Å². The van der Waals surface area contributed by atoms with Gasteiger partial charge in [-0.25, -0.2) is 0 Å². The fourth-order valence-corrected chi connectivity index (χ4v) is 2.03. The molecule has 5 N–H and O–H groups in total. The van der Waals surface area contributed by atoms with Gasteiger partial charge >= 0.3 is 0 Å². The number of hydrogen-bond donors (Lipinski definition) is 3. The largest absolute Gasteiger partial charge is 0.366 e. The van der Waals surface area contributed by atoms with E-state index in [0.29, 0.717) is 29.8 Å². The maximum Gasteiger partial charge on any atom is 0.249 e. The Balaban J connectivity index is 2.50. The molecule has 0 aromatic heterocycles. The summed E-state index contributed by atoms with van der Waals surface area (Å²) in [5.74, 6) is -0.525. The van der Waals surface area contributed by atoms with Gasteiger partial charge in [0.25, 0.3) is 0 Å². The summed E-state index contributed by atoms with van der Waals surface area (Å²) in [6.45, 7) is 2.47. The van der Waals surface area contributed by atoms with E-state index in [0.717, 1.165) is 25.7 Å². The Bertz CT molecular complexity index is 472. The molecule has 0 aliphatic heterocycles. The lowest BCUT2D eigenvalue weighted by atomic mass is 10.1. The van der Waals surface area contributed by atoms with Crippen molar-refractivity contribution < 1.29 is 9.59 Å². The van der Waals surface area contributed by atoms with Gasteiger partial charge in [-0.2, -0.15) is 0 Å². The SMILES string of the molecule is Cc1c(NC(=O)CCCCCCN)cccc1C(N)=O. The third-order valence-corrected chi connectivity index (χ3v) is 3.23. The number of hydrogen-bond acceptors (Lipinski definition) is 3. The van der Waals surface area contributed by atoms with Crippen LogP contribution in [0.3, 0.4) is 0 Å². The molecule has 110 valence electrons. The van der Waals surface area contributed by atoms with E-state index < -0.39 is 5.91 Å². The first-order valence-electron chi connectivity index (χ1n) is 6.95. The summed E-state index contributed by atoms with van der Waals surface area (Å²) in [5.41, 5.74) is 12.5. The molecule has 0 atom stereocenters. The van der Waals surface area contributed by atoms with Crippen LogP contribution in [0.1, 0.15) is 48.0 Å². The Morgan fingerprint density at radius 3 is 2.50 bits per heavy atom. The minimum atomic E-state index is -0.486. The molecular formula is C15H23N3O2. The summed E-state index contributed by atoms with van der Waals surface area (Å²) < 4.78 is 0. The van der Waals surface area contributed by atoms with E-state index in [-0.39, 0.29) is 5.91 Å². The monoisotopic (exact) mass is 277 g/mol. The van der Waals surface area contributed by atoms with Gasteiger partial charge in [0.15, 0.2) is 0 Å². The van der Waals surface area contributed by atoms with Crippen molar-refractivity contribution in [3.63, 3.8) is 0 Å². The quantitative estimate of drug-likeness (QED) is 0.633. The zero-order valence-electron chi connectivity index (χ0n) is 11.9. The number of rotatable bonds is 8. The van der Waals surface area contributed by atoms with Crippen molar-refractivity contribution in [1.82, 2.24) is 0 Å². The molecule has 0 fully saturated rings. The molecule has 1 aromatic carbocycles. The first-order chi connectivity index (χ1) is 9.56. The number of primary amides is 1. The van der Waals surface area contributed by atoms with Crippen LogP contribution in [0.2, 0.25) is 0 Å². The van der Waals surface area contributed by atoms with Gasteiger partial charge in [-0.3, -0.25) is 9.59 Å². The van der Waals surface area contributed by atoms with E-state index in [1.807, 2.05) is 0 Å². The fourth-order valence-electron chi connectivity index (χ4n) is 2.03. The van der Waals surface area contributed by atoms with Gasteiger partial charge < -0.3 is 16.8 Å². The molecule has 0 aliphatic rings. The second-order valence-corrected chi connectivity index (χ2v) is 4.84. The van der Waals surface area contributed by atoms with Crippen molar-refractivity contribution in [2.45, 2.75) is 39.0 Å². The topological polar surface area (TPSA) is 98.2 Å². The van der Waals surface area contributed by atoms with Gasteiger partial charge in [0.05, 0.1) is 0 Å². The number of nitrogens with two attached hydrogens (primary N) is 2. The molecule has 2 amide bonds. The minimum absolute atomic E-state index is 0.0394. The summed E-state index contributed by atoms with van der Waals surface area (Å²) in [6, 6.07) is 5.14. The summed E-state index contributed by atoms with van der Waals surface area (Å²) in [6.07, 6.45) is 4.39. The Morgan fingerprint density at radius 2 is 1.85 bits per heavy atom. The highest BCUT2D eigenvalue weighted by molar-refractivity contribution is 5.98. The van der Waals surface area contributed by atoms with E-state index in [4.69, 9.17) is 11.5 Å². The number of carbonyl (C=O) groups excluding carboxylic acids is 2. The normalized spacial score (nSPS) is 10.3. The van der Waals surface area contributed by atoms with Gasteiger partial charge in [0.1, 0.15) is 0 Å². The standard InChI is InChI=1S/C15H23N3O2/c1-11-12(15(17)20)7-6-8-13(11)18-14(19)9-4-2-3-5-10-16/h6-8H,2-5,9-10,16H2,1H3,(H2,17,20)(H,18,19). The Labute approximate surface area is 119 Å². The Morgan fingerprint density at radius 1 is 1.15 bits per heavy atom. The molecule has 0 aliphatic carbocycles. The predicted octanol–water partition coefficient (Wildman–Crippen LogP) is 1.94. The van der Waals surface area contributed by atoms with Crippen LogP contribution in [0.15, 0.2) is 18.2 Å². The lowest BCUT2D eigenvalue weighted by molar-refractivity contribution is -0.116. The maximum atomic E-state index is 11.8. The van der Waals surface area contributed by atoms with Crippen LogP contribution in [0, 0.1) is 6.92 Å². The van der Waals surface area contributed by atoms with Gasteiger partial charge in [0, 0.05) is 17.7 Å². The van der Waals surface area contributed by atoms with Crippen LogP contribution >= 0.6 is 0 Å². The lowest BCUT2D eigenvalue weighted by Gasteiger charge is -2.10. The van der Waals surface area contributed by atoms with Crippen LogP contribution < -0.4 is 16.8 Å². The highest BCUT2D eigenvalue weighted by Gasteiger charge is 2.10. The first kappa shape index (κ1) is 16.2. The molecule has 0 saturated heterocycles. The minimum Gasteiger partial charge on any atom is -0.366 e. The lowest BCUT2D eigenvalue weighted by Crippen LogP contribution is -2.16. The summed E-state index contributed by atoms with van der Waals surface area (Å²) >= 11 is 0. The zero-order chi connectivity index (χ0) is 15.0. The van der Waals surface area contributed by atoms with E-state index in [2.05, 4.69) is 5.32 Å². The van der Waals surface area contributed by atoms with Crippen molar-refractivity contribution in [2.75, 3.05) is 11.9 Å². The third-order valence-electron chi connectivity index (χ3n) is 3.23. The zero-order valence-corrected chi connectivity index (χ0v) is 11.9. The average Bonchev–Trinajstić information content (AvgIpc) is 2.40. The van der Waals surface area contributed by atoms with Crippen LogP contribution in [0.25, 0.3) is 0 Å². The van der Waals surface area contributed by atoms with Crippen LogP contribution in [-0.2, 0) is 4.79 Å². The number of amides is 2. The van der Waals surface area contributed by atoms with Gasteiger partial charge in [-0.1, -0.05) is 18.9 Å². The fraction of sp³-hybridized carbons (Fsp3) is 0.467. The summed E-state index contributed by atoms with van der Waals surface area (Å²) in [4.78, 5) is 23.1. The van der Waals surface area contributed by atoms with Crippen molar-refractivity contribution in [3.8, 4) is 0 Å². The summed E-state index contributed by atoms with van der Waals surface area (Å²) in [5, 5.41) is 2.82. The van der Waals surface area contributed by atoms with Crippen LogP contribution in [0.5, 0.6) is 0 Å².